The second kappa shape index (κ2) is 9.19. The first-order valence-corrected chi connectivity index (χ1v) is 11.8. The molecule has 2 N–H and O–H groups in total. The van der Waals surface area contributed by atoms with E-state index in [1.807, 2.05) is 25.1 Å². The van der Waals surface area contributed by atoms with Crippen LogP contribution in [-0.2, 0) is 12.8 Å². The van der Waals surface area contributed by atoms with Gasteiger partial charge in [-0.3, -0.25) is 4.79 Å². The molecule has 7 heteroatoms. The van der Waals surface area contributed by atoms with Crippen LogP contribution in [0.2, 0.25) is 0 Å². The van der Waals surface area contributed by atoms with Crippen LogP contribution in [0.15, 0.2) is 65.4 Å². The van der Waals surface area contributed by atoms with E-state index in [-0.39, 0.29) is 17.5 Å². The highest BCUT2D eigenvalue weighted by Crippen LogP contribution is 2.44. The maximum absolute atomic E-state index is 15.1. The van der Waals surface area contributed by atoms with Gasteiger partial charge in [-0.15, -0.1) is 11.3 Å². The second-order valence-corrected chi connectivity index (χ2v) is 9.31. The third-order valence-corrected chi connectivity index (χ3v) is 7.12. The third kappa shape index (κ3) is 4.41. The van der Waals surface area contributed by atoms with Crippen LogP contribution in [0.1, 0.15) is 56.6 Å². The van der Waals surface area contributed by atoms with Gasteiger partial charge in [0.2, 0.25) is 0 Å². The predicted octanol–water partition coefficient (Wildman–Crippen LogP) is 6.52. The average Bonchev–Trinajstić information content (AvgIpc) is 3.46. The zero-order chi connectivity index (χ0) is 22.8. The van der Waals surface area contributed by atoms with Crippen molar-refractivity contribution in [2.45, 2.75) is 38.6 Å². The van der Waals surface area contributed by atoms with E-state index < -0.39 is 6.04 Å². The molecule has 1 atom stereocenters. The lowest BCUT2D eigenvalue weighted by Crippen LogP contribution is -2.19. The molecule has 5 rings (SSSR count). The number of aromatic nitrogens is 1. The second-order valence-electron chi connectivity index (χ2n) is 8.20. The Labute approximate surface area is 195 Å². The Bertz CT molecular complexity index is 1280. The number of aryl methyl sites for hydroxylation is 2. The summed E-state index contributed by atoms with van der Waals surface area (Å²) in [5.74, 6) is 0.271. The fourth-order valence-electron chi connectivity index (χ4n) is 4.34. The maximum Gasteiger partial charge on any atom is 0.291 e. The minimum absolute atomic E-state index is 0.239. The Morgan fingerprint density at radius 3 is 2.79 bits per heavy atom. The van der Waals surface area contributed by atoms with Crippen LogP contribution in [-0.4, -0.2) is 10.9 Å². The highest BCUT2D eigenvalue weighted by atomic mass is 32.1. The first-order chi connectivity index (χ1) is 16.1. The normalized spacial score (nSPS) is 13.9. The summed E-state index contributed by atoms with van der Waals surface area (Å²) in [6.45, 7) is 1.99. The predicted molar refractivity (Wildman–Crippen MR) is 128 cm³/mol. The van der Waals surface area contributed by atoms with E-state index >= 15 is 4.39 Å². The number of nitrogens with one attached hydrogen (secondary N) is 2. The van der Waals surface area contributed by atoms with Crippen molar-refractivity contribution in [3.8, 4) is 0 Å². The molecule has 0 aliphatic heterocycles. The smallest absolute Gasteiger partial charge is 0.291 e. The van der Waals surface area contributed by atoms with Crippen molar-refractivity contribution in [2.24, 2.45) is 0 Å². The molecule has 4 aromatic rings. The van der Waals surface area contributed by atoms with Crippen molar-refractivity contribution >= 4 is 28.1 Å². The number of halogens is 1. The van der Waals surface area contributed by atoms with Crippen LogP contribution in [0.4, 0.5) is 15.2 Å². The number of anilines is 2. The molecule has 1 aliphatic rings. The van der Waals surface area contributed by atoms with E-state index in [1.54, 1.807) is 41.8 Å². The Balaban J connectivity index is 1.63. The summed E-state index contributed by atoms with van der Waals surface area (Å²) < 4.78 is 20.4. The number of furan rings is 1. The molecule has 0 spiro atoms. The van der Waals surface area contributed by atoms with Crippen LogP contribution in [0.5, 0.6) is 0 Å². The molecular weight excluding hydrogens is 437 g/mol. The van der Waals surface area contributed by atoms with Gasteiger partial charge in [-0.1, -0.05) is 18.2 Å². The molecular formula is C26H24FN3O2S. The van der Waals surface area contributed by atoms with Crippen molar-refractivity contribution in [1.29, 1.82) is 0 Å². The molecule has 1 aromatic carbocycles. The number of fused-ring (bicyclic) bond motifs is 1. The van der Waals surface area contributed by atoms with E-state index in [0.717, 1.165) is 41.8 Å². The van der Waals surface area contributed by atoms with E-state index in [0.29, 0.717) is 11.4 Å². The summed E-state index contributed by atoms with van der Waals surface area (Å²) in [5, 5.41) is 7.22. The van der Waals surface area contributed by atoms with Gasteiger partial charge in [0.25, 0.3) is 5.91 Å². The first-order valence-electron chi connectivity index (χ1n) is 11.0. The molecule has 1 amide bonds. The Morgan fingerprint density at radius 1 is 1.15 bits per heavy atom. The van der Waals surface area contributed by atoms with Gasteiger partial charge in [-0.25, -0.2) is 9.37 Å². The molecule has 1 aliphatic carbocycles. The zero-order valence-corrected chi connectivity index (χ0v) is 19.0. The van der Waals surface area contributed by atoms with Crippen LogP contribution < -0.4 is 10.6 Å². The monoisotopic (exact) mass is 461 g/mol. The van der Waals surface area contributed by atoms with Crippen LogP contribution in [0.25, 0.3) is 0 Å². The topological polar surface area (TPSA) is 67.2 Å². The average molecular weight is 462 g/mol. The molecule has 0 unspecified atom stereocenters. The van der Waals surface area contributed by atoms with Crippen molar-refractivity contribution in [3.05, 3.63) is 99.7 Å². The number of thiophene rings is 1. The summed E-state index contributed by atoms with van der Waals surface area (Å²) in [5.41, 5.74) is 3.66. The van der Waals surface area contributed by atoms with Gasteiger partial charge in [0.15, 0.2) is 5.76 Å². The minimum Gasteiger partial charge on any atom is -0.459 e. The van der Waals surface area contributed by atoms with Gasteiger partial charge in [0, 0.05) is 22.2 Å². The molecule has 3 aromatic heterocycles. The molecule has 0 saturated carbocycles. The molecule has 0 saturated heterocycles. The number of rotatable bonds is 6. The fourth-order valence-corrected chi connectivity index (χ4v) is 5.66. The van der Waals surface area contributed by atoms with E-state index in [4.69, 9.17) is 4.42 Å². The summed E-state index contributed by atoms with van der Waals surface area (Å²) in [4.78, 5) is 18.6. The van der Waals surface area contributed by atoms with Gasteiger partial charge < -0.3 is 15.1 Å². The number of carbonyl (C=O) groups excluding carboxylic acids is 1. The Hall–Kier alpha value is -3.45. The van der Waals surface area contributed by atoms with Crippen LogP contribution in [0.3, 0.4) is 0 Å². The third-order valence-electron chi connectivity index (χ3n) is 5.90. The van der Waals surface area contributed by atoms with Gasteiger partial charge in [-0.2, -0.15) is 0 Å². The van der Waals surface area contributed by atoms with Crippen molar-refractivity contribution < 1.29 is 13.6 Å². The molecule has 0 radical (unpaired) electrons. The van der Waals surface area contributed by atoms with Gasteiger partial charge >= 0.3 is 0 Å². The standard InChI is InChI=1S/C26H24FN3O2S/c1-16-12-13-28-22(15-16)29-24(17-7-2-4-9-19(17)27)23-18-8-3-5-11-21(18)33-26(23)30-25(31)20-10-6-14-32-20/h2,4,6-7,9-10,12-15,24H,3,5,8,11H2,1H3,(H,28,29)(H,30,31)/t24-/m0/s1. The number of benzene rings is 1. The summed E-state index contributed by atoms with van der Waals surface area (Å²) in [6.07, 6.45) is 7.23. The van der Waals surface area contributed by atoms with Crippen LogP contribution in [0, 0.1) is 12.7 Å². The van der Waals surface area contributed by atoms with Gasteiger partial charge in [-0.05, 0) is 74.1 Å². The van der Waals surface area contributed by atoms with Crippen molar-refractivity contribution in [3.63, 3.8) is 0 Å². The number of amides is 1. The number of hydrogen-bond acceptors (Lipinski definition) is 5. The Morgan fingerprint density at radius 2 is 2.00 bits per heavy atom. The van der Waals surface area contributed by atoms with E-state index in [2.05, 4.69) is 15.6 Å². The maximum atomic E-state index is 15.1. The molecule has 33 heavy (non-hydrogen) atoms. The zero-order valence-electron chi connectivity index (χ0n) is 18.2. The highest BCUT2D eigenvalue weighted by Gasteiger charge is 2.30. The molecule has 3 heterocycles. The summed E-state index contributed by atoms with van der Waals surface area (Å²) in [6, 6.07) is 13.4. The lowest BCUT2D eigenvalue weighted by atomic mass is 9.89. The quantitative estimate of drug-likeness (QED) is 0.343. The number of carbonyl (C=O) groups is 1. The minimum atomic E-state index is -0.509. The number of nitrogens with zero attached hydrogens (tertiary/aromatic N) is 1. The molecule has 0 fully saturated rings. The van der Waals surface area contributed by atoms with E-state index in [1.165, 1.54) is 22.8 Å². The molecule has 5 nitrogen and oxygen atoms in total. The first kappa shape index (κ1) is 21.4. The lowest BCUT2D eigenvalue weighted by Gasteiger charge is -2.24. The number of hydrogen-bond donors (Lipinski definition) is 2. The molecule has 168 valence electrons. The summed E-state index contributed by atoms with van der Waals surface area (Å²) >= 11 is 1.57. The largest absolute Gasteiger partial charge is 0.459 e. The van der Waals surface area contributed by atoms with Gasteiger partial charge in [0.1, 0.15) is 16.6 Å². The van der Waals surface area contributed by atoms with Gasteiger partial charge in [0.05, 0.1) is 12.3 Å². The Kier molecular flexibility index (Phi) is 5.96. The molecule has 0 bridgehead atoms. The van der Waals surface area contributed by atoms with Crippen molar-refractivity contribution in [2.75, 3.05) is 10.6 Å². The lowest BCUT2D eigenvalue weighted by molar-refractivity contribution is 0.0997. The summed E-state index contributed by atoms with van der Waals surface area (Å²) in [7, 11) is 0. The fraction of sp³-hybridized carbons (Fsp3) is 0.231. The van der Waals surface area contributed by atoms with Crippen molar-refractivity contribution in [1.82, 2.24) is 4.98 Å². The SMILES string of the molecule is Cc1ccnc(N[C@@H](c2ccccc2F)c2c(NC(=O)c3ccco3)sc3c2CCCC3)c1. The highest BCUT2D eigenvalue weighted by molar-refractivity contribution is 7.16. The van der Waals surface area contributed by atoms with Crippen LogP contribution >= 0.6 is 11.3 Å². The number of pyridine rings is 1. The van der Waals surface area contributed by atoms with E-state index in [9.17, 15) is 4.79 Å².